The van der Waals surface area contributed by atoms with Gasteiger partial charge >= 0.3 is 0 Å². The van der Waals surface area contributed by atoms with Crippen LogP contribution in [0.2, 0.25) is 0 Å². The zero-order valence-electron chi connectivity index (χ0n) is 31.6. The van der Waals surface area contributed by atoms with E-state index in [-0.39, 0.29) is 6.10 Å². The molecular formula is C41H87NO2. The number of hydrogen-bond acceptors (Lipinski definition) is 3. The smallest absolute Gasteiger partial charge is 0.0780 e. The quantitative estimate of drug-likeness (QED) is 0.0697. The van der Waals surface area contributed by atoms with E-state index in [1.807, 2.05) is 14.1 Å². The van der Waals surface area contributed by atoms with Crippen molar-refractivity contribution in [1.82, 2.24) is 5.32 Å². The summed E-state index contributed by atoms with van der Waals surface area (Å²) in [6, 6.07) is 0. The van der Waals surface area contributed by atoms with Crippen LogP contribution < -0.4 is 5.32 Å². The van der Waals surface area contributed by atoms with Gasteiger partial charge in [0.2, 0.25) is 0 Å². The Bertz CT molecular complexity index is 458. The standard InChI is InChI=1S/C39H80O2.C2H7N/c1-4-6-8-10-12-14-16-18-20-22-24-26-28-30-32-34-36-40-38-39(3)41-37-35-33-31-29-27-25-23-21-19-17-15-13-11-9-7-5-2;1-3-2/h39H,4-38H2,1-3H3;3H,1-2H3. The zero-order valence-corrected chi connectivity index (χ0v) is 31.6. The molecule has 0 aliphatic carbocycles. The van der Waals surface area contributed by atoms with Crippen molar-refractivity contribution in [2.75, 3.05) is 33.9 Å². The fraction of sp³-hybridized carbons (Fsp3) is 1.00. The van der Waals surface area contributed by atoms with E-state index in [0.717, 1.165) is 19.8 Å². The topological polar surface area (TPSA) is 30.5 Å². The van der Waals surface area contributed by atoms with Crippen LogP contribution in [-0.2, 0) is 9.47 Å². The van der Waals surface area contributed by atoms with Crippen LogP contribution in [-0.4, -0.2) is 40.0 Å². The van der Waals surface area contributed by atoms with E-state index in [9.17, 15) is 0 Å². The van der Waals surface area contributed by atoms with E-state index in [1.165, 1.54) is 205 Å². The van der Waals surface area contributed by atoms with E-state index >= 15 is 0 Å². The molecule has 0 saturated heterocycles. The summed E-state index contributed by atoms with van der Waals surface area (Å²) in [6.07, 6.45) is 45.6. The Morgan fingerprint density at radius 2 is 0.591 bits per heavy atom. The van der Waals surface area contributed by atoms with E-state index in [2.05, 4.69) is 26.1 Å². The lowest BCUT2D eigenvalue weighted by molar-refractivity contribution is -0.00869. The van der Waals surface area contributed by atoms with Gasteiger partial charge in [-0.15, -0.1) is 0 Å². The van der Waals surface area contributed by atoms with Crippen molar-refractivity contribution in [3.05, 3.63) is 0 Å². The largest absolute Gasteiger partial charge is 0.379 e. The van der Waals surface area contributed by atoms with Crippen LogP contribution in [0.25, 0.3) is 0 Å². The lowest BCUT2D eigenvalue weighted by Crippen LogP contribution is -2.17. The van der Waals surface area contributed by atoms with Gasteiger partial charge in [-0.1, -0.05) is 206 Å². The molecule has 1 unspecified atom stereocenters. The average molecular weight is 626 g/mol. The molecule has 0 aliphatic rings. The molecule has 0 aromatic heterocycles. The number of unbranched alkanes of at least 4 members (excludes halogenated alkanes) is 30. The average Bonchev–Trinajstić information content (AvgIpc) is 3.02. The van der Waals surface area contributed by atoms with Crippen LogP contribution in [0.4, 0.5) is 0 Å². The molecule has 268 valence electrons. The van der Waals surface area contributed by atoms with Crippen LogP contribution in [0.1, 0.15) is 226 Å². The van der Waals surface area contributed by atoms with Crippen LogP contribution in [0.3, 0.4) is 0 Å². The maximum absolute atomic E-state index is 5.97. The van der Waals surface area contributed by atoms with Gasteiger partial charge in [0.1, 0.15) is 0 Å². The fourth-order valence-electron chi connectivity index (χ4n) is 5.98. The molecule has 0 rings (SSSR count). The van der Waals surface area contributed by atoms with Gasteiger partial charge in [-0.25, -0.2) is 0 Å². The van der Waals surface area contributed by atoms with Crippen LogP contribution in [0.15, 0.2) is 0 Å². The molecule has 0 heterocycles. The van der Waals surface area contributed by atoms with Crippen molar-refractivity contribution in [2.45, 2.75) is 232 Å². The molecule has 3 nitrogen and oxygen atoms in total. The first-order valence-electron chi connectivity index (χ1n) is 20.5. The predicted molar refractivity (Wildman–Crippen MR) is 200 cm³/mol. The third-order valence-electron chi connectivity index (χ3n) is 8.90. The Balaban J connectivity index is 0. The highest BCUT2D eigenvalue weighted by molar-refractivity contribution is 4.53. The molecule has 44 heavy (non-hydrogen) atoms. The Hall–Kier alpha value is -0.120. The molecule has 0 saturated carbocycles. The van der Waals surface area contributed by atoms with E-state index in [1.54, 1.807) is 0 Å². The lowest BCUT2D eigenvalue weighted by atomic mass is 10.0. The summed E-state index contributed by atoms with van der Waals surface area (Å²) < 4.78 is 11.8. The third-order valence-corrected chi connectivity index (χ3v) is 8.90. The zero-order chi connectivity index (χ0) is 32.4. The minimum absolute atomic E-state index is 0.243. The maximum atomic E-state index is 5.97. The number of hydrogen-bond donors (Lipinski definition) is 1. The molecule has 0 aromatic carbocycles. The molecule has 0 spiro atoms. The summed E-state index contributed by atoms with van der Waals surface area (Å²) in [5.41, 5.74) is 0. The summed E-state index contributed by atoms with van der Waals surface area (Å²) in [5, 5.41) is 2.75. The van der Waals surface area contributed by atoms with Gasteiger partial charge in [0.05, 0.1) is 12.7 Å². The highest BCUT2D eigenvalue weighted by atomic mass is 16.5. The van der Waals surface area contributed by atoms with Crippen molar-refractivity contribution in [3.8, 4) is 0 Å². The second kappa shape index (κ2) is 45.0. The normalized spacial score (nSPS) is 11.9. The molecule has 3 heteroatoms. The van der Waals surface area contributed by atoms with E-state index in [0.29, 0.717) is 0 Å². The summed E-state index contributed by atoms with van der Waals surface area (Å²) in [4.78, 5) is 0. The molecule has 0 bridgehead atoms. The maximum Gasteiger partial charge on any atom is 0.0780 e. The first-order valence-corrected chi connectivity index (χ1v) is 20.5. The SMILES string of the molecule is CCCCCCCCCCCCCCCCCCOCC(C)OCCCCCCCCCCCCCCCCCC.CNC. The van der Waals surface area contributed by atoms with Crippen molar-refractivity contribution in [2.24, 2.45) is 0 Å². The highest BCUT2D eigenvalue weighted by Gasteiger charge is 2.02. The van der Waals surface area contributed by atoms with Crippen LogP contribution in [0.5, 0.6) is 0 Å². The van der Waals surface area contributed by atoms with Crippen LogP contribution in [0, 0.1) is 0 Å². The number of rotatable bonds is 37. The molecule has 1 N–H and O–H groups in total. The van der Waals surface area contributed by atoms with E-state index < -0.39 is 0 Å². The monoisotopic (exact) mass is 626 g/mol. The first kappa shape index (κ1) is 46.0. The molecule has 1 atom stereocenters. The van der Waals surface area contributed by atoms with Gasteiger partial charge < -0.3 is 14.8 Å². The Morgan fingerprint density at radius 3 is 0.864 bits per heavy atom. The molecular weight excluding hydrogens is 538 g/mol. The number of nitrogens with one attached hydrogen (secondary N) is 1. The Kier molecular flexibility index (Phi) is 47.0. The Labute approximate surface area is 280 Å². The number of ether oxygens (including phenoxy) is 2. The fourth-order valence-corrected chi connectivity index (χ4v) is 5.98. The summed E-state index contributed by atoms with van der Waals surface area (Å²) in [6.45, 7) is 9.34. The van der Waals surface area contributed by atoms with Gasteiger partial charge in [0.25, 0.3) is 0 Å². The second-order valence-electron chi connectivity index (χ2n) is 13.9. The van der Waals surface area contributed by atoms with Gasteiger partial charge in [-0.2, -0.15) is 0 Å². The minimum Gasteiger partial charge on any atom is -0.379 e. The van der Waals surface area contributed by atoms with Crippen molar-refractivity contribution in [1.29, 1.82) is 0 Å². The van der Waals surface area contributed by atoms with Crippen LogP contribution >= 0.6 is 0 Å². The van der Waals surface area contributed by atoms with Crippen molar-refractivity contribution >= 4 is 0 Å². The molecule has 0 aliphatic heterocycles. The van der Waals surface area contributed by atoms with Gasteiger partial charge in [-0.3, -0.25) is 0 Å². The molecule has 0 amide bonds. The summed E-state index contributed by atoms with van der Waals surface area (Å²) in [5.74, 6) is 0. The first-order chi connectivity index (χ1) is 21.7. The predicted octanol–water partition coefficient (Wildman–Crippen LogP) is 13.8. The van der Waals surface area contributed by atoms with Gasteiger partial charge in [0.15, 0.2) is 0 Å². The highest BCUT2D eigenvalue weighted by Crippen LogP contribution is 2.15. The molecule has 0 aromatic rings. The second-order valence-corrected chi connectivity index (χ2v) is 13.9. The van der Waals surface area contributed by atoms with E-state index in [4.69, 9.17) is 9.47 Å². The lowest BCUT2D eigenvalue weighted by Gasteiger charge is -2.13. The van der Waals surface area contributed by atoms with Gasteiger partial charge in [-0.05, 0) is 33.9 Å². The van der Waals surface area contributed by atoms with Crippen molar-refractivity contribution in [3.63, 3.8) is 0 Å². The summed E-state index contributed by atoms with van der Waals surface area (Å²) in [7, 11) is 3.75. The van der Waals surface area contributed by atoms with Crippen molar-refractivity contribution < 1.29 is 9.47 Å². The third kappa shape index (κ3) is 46.3. The minimum atomic E-state index is 0.243. The van der Waals surface area contributed by atoms with Gasteiger partial charge in [0, 0.05) is 13.2 Å². The summed E-state index contributed by atoms with van der Waals surface area (Å²) >= 11 is 0. The Morgan fingerprint density at radius 1 is 0.364 bits per heavy atom. The molecule has 0 radical (unpaired) electrons. The molecule has 0 fully saturated rings.